The Morgan fingerprint density at radius 1 is 1.17 bits per heavy atom. The van der Waals surface area contributed by atoms with Crippen molar-refractivity contribution in [3.63, 3.8) is 0 Å². The van der Waals surface area contributed by atoms with Crippen molar-refractivity contribution in [3.05, 3.63) is 59.7 Å². The molecule has 1 aliphatic rings. The molecule has 0 aliphatic carbocycles. The Morgan fingerprint density at radius 3 is 2.54 bits per heavy atom. The van der Waals surface area contributed by atoms with Crippen molar-refractivity contribution in [1.29, 1.82) is 0 Å². The molecule has 1 N–H and O–H groups in total. The van der Waals surface area contributed by atoms with Gasteiger partial charge in [0.05, 0.1) is 24.8 Å². The van der Waals surface area contributed by atoms with Gasteiger partial charge in [0, 0.05) is 12.1 Å². The normalized spacial score (nSPS) is 19.3. The van der Waals surface area contributed by atoms with Crippen LogP contribution in [-0.2, 0) is 10.4 Å². The molecule has 0 unspecified atom stereocenters. The van der Waals surface area contributed by atoms with Gasteiger partial charge in [-0.25, -0.2) is 0 Å². The van der Waals surface area contributed by atoms with Crippen molar-refractivity contribution < 1.29 is 19.4 Å². The van der Waals surface area contributed by atoms with Gasteiger partial charge in [0.2, 0.25) is 0 Å². The molecule has 0 fully saturated rings. The summed E-state index contributed by atoms with van der Waals surface area (Å²) >= 11 is 0. The van der Waals surface area contributed by atoms with Gasteiger partial charge < -0.3 is 14.7 Å². The molecule has 3 rings (SSSR count). The Bertz CT molecular complexity index is 801. The second kappa shape index (κ2) is 6.09. The minimum atomic E-state index is -1.84. The summed E-state index contributed by atoms with van der Waals surface area (Å²) < 4.78 is 5.20. The molecule has 0 bridgehead atoms. The van der Waals surface area contributed by atoms with E-state index in [1.807, 2.05) is 13.0 Å². The summed E-state index contributed by atoms with van der Waals surface area (Å²) in [6.45, 7) is 2.27. The van der Waals surface area contributed by atoms with Crippen molar-refractivity contribution >= 4 is 17.4 Å². The first kappa shape index (κ1) is 16.2. The molecule has 2 aromatic rings. The number of para-hydroxylation sites is 2. The van der Waals surface area contributed by atoms with Crippen LogP contribution < -0.4 is 9.64 Å². The van der Waals surface area contributed by atoms with Crippen molar-refractivity contribution in [1.82, 2.24) is 0 Å². The molecule has 1 atom stereocenters. The lowest BCUT2D eigenvalue weighted by molar-refractivity contribution is -0.135. The number of aliphatic hydroxyl groups is 1. The lowest BCUT2D eigenvalue weighted by atomic mass is 9.88. The predicted octanol–water partition coefficient (Wildman–Crippen LogP) is 2.52. The summed E-state index contributed by atoms with van der Waals surface area (Å²) in [5.74, 6) is -0.373. The number of Topliss-reactive ketones (excluding diaryl/α,β-unsaturated/α-hetero) is 1. The molecule has 0 spiro atoms. The zero-order valence-electron chi connectivity index (χ0n) is 13.7. The van der Waals surface area contributed by atoms with E-state index in [2.05, 4.69) is 0 Å². The first-order valence-corrected chi connectivity index (χ1v) is 7.83. The third-order valence-corrected chi connectivity index (χ3v) is 4.38. The van der Waals surface area contributed by atoms with Crippen LogP contribution in [-0.4, -0.2) is 30.5 Å². The highest BCUT2D eigenvalue weighted by Gasteiger charge is 2.50. The number of hydrogen-bond donors (Lipinski definition) is 1. The number of amides is 1. The van der Waals surface area contributed by atoms with Crippen LogP contribution in [0.1, 0.15) is 29.3 Å². The summed E-state index contributed by atoms with van der Waals surface area (Å²) in [7, 11) is 1.48. The minimum Gasteiger partial charge on any atom is -0.496 e. The molecule has 24 heavy (non-hydrogen) atoms. The van der Waals surface area contributed by atoms with E-state index in [1.54, 1.807) is 42.5 Å². The zero-order chi connectivity index (χ0) is 17.3. The highest BCUT2D eigenvalue weighted by atomic mass is 16.5. The monoisotopic (exact) mass is 325 g/mol. The number of likely N-dealkylation sites (N-methyl/N-ethyl adjacent to an activating group) is 1. The third-order valence-electron chi connectivity index (χ3n) is 4.38. The van der Waals surface area contributed by atoms with Crippen molar-refractivity contribution in [3.8, 4) is 5.75 Å². The molecule has 0 radical (unpaired) electrons. The Balaban J connectivity index is 2.00. The van der Waals surface area contributed by atoms with E-state index in [0.29, 0.717) is 29.1 Å². The molecule has 0 saturated heterocycles. The van der Waals surface area contributed by atoms with Crippen LogP contribution in [0, 0.1) is 0 Å². The van der Waals surface area contributed by atoms with Crippen LogP contribution >= 0.6 is 0 Å². The van der Waals surface area contributed by atoms with Gasteiger partial charge in [-0.05, 0) is 25.1 Å². The largest absolute Gasteiger partial charge is 0.496 e. The average Bonchev–Trinajstić information content (AvgIpc) is 2.82. The van der Waals surface area contributed by atoms with Crippen molar-refractivity contribution in [2.45, 2.75) is 18.9 Å². The second-order valence-electron chi connectivity index (χ2n) is 5.73. The Morgan fingerprint density at radius 2 is 1.83 bits per heavy atom. The maximum Gasteiger partial charge on any atom is 0.264 e. The van der Waals surface area contributed by atoms with Crippen LogP contribution in [0.4, 0.5) is 5.69 Å². The molecular formula is C19H19NO4. The summed E-state index contributed by atoms with van der Waals surface area (Å²) in [5, 5.41) is 11.1. The Labute approximate surface area is 140 Å². The molecule has 1 heterocycles. The number of anilines is 1. The summed E-state index contributed by atoms with van der Waals surface area (Å²) in [5.41, 5.74) is -0.362. The first-order valence-electron chi connectivity index (χ1n) is 7.83. The van der Waals surface area contributed by atoms with E-state index in [4.69, 9.17) is 4.74 Å². The fraction of sp³-hybridized carbons (Fsp3) is 0.263. The topological polar surface area (TPSA) is 66.8 Å². The van der Waals surface area contributed by atoms with E-state index in [1.165, 1.54) is 12.0 Å². The third kappa shape index (κ3) is 2.37. The van der Waals surface area contributed by atoms with Crippen molar-refractivity contribution in [2.75, 3.05) is 18.6 Å². The van der Waals surface area contributed by atoms with E-state index in [0.717, 1.165) is 0 Å². The number of fused-ring (bicyclic) bond motifs is 1. The van der Waals surface area contributed by atoms with Gasteiger partial charge in [-0.3, -0.25) is 9.59 Å². The molecule has 1 amide bonds. The van der Waals surface area contributed by atoms with Crippen LogP contribution in [0.3, 0.4) is 0 Å². The minimum absolute atomic E-state index is 0.320. The van der Waals surface area contributed by atoms with E-state index in [9.17, 15) is 14.7 Å². The standard InChI is InChI=1S/C19H19NO4/c1-3-20-15-10-6-5-9-14(15)19(23,18(20)22)12-16(21)13-8-4-7-11-17(13)24-2/h4-11,23H,3,12H2,1-2H3/t19-/m1/s1. The van der Waals surface area contributed by atoms with Crippen molar-refractivity contribution in [2.24, 2.45) is 0 Å². The molecule has 0 aromatic heterocycles. The summed E-state index contributed by atoms with van der Waals surface area (Å²) in [6.07, 6.45) is -0.320. The van der Waals surface area contributed by atoms with Crippen LogP contribution in [0.15, 0.2) is 48.5 Å². The molecule has 124 valence electrons. The van der Waals surface area contributed by atoms with Gasteiger partial charge in [0.25, 0.3) is 5.91 Å². The number of methoxy groups -OCH3 is 1. The van der Waals surface area contributed by atoms with E-state index in [-0.39, 0.29) is 12.2 Å². The summed E-state index contributed by atoms with van der Waals surface area (Å²) in [4.78, 5) is 27.0. The summed E-state index contributed by atoms with van der Waals surface area (Å²) in [6, 6.07) is 13.8. The quantitative estimate of drug-likeness (QED) is 0.858. The molecular weight excluding hydrogens is 306 g/mol. The maximum absolute atomic E-state index is 12.7. The number of carbonyl (C=O) groups is 2. The fourth-order valence-corrected chi connectivity index (χ4v) is 3.19. The van der Waals surface area contributed by atoms with Crippen LogP contribution in [0.5, 0.6) is 5.75 Å². The van der Waals surface area contributed by atoms with Gasteiger partial charge in [0.1, 0.15) is 5.75 Å². The number of hydrogen-bond acceptors (Lipinski definition) is 4. The first-order chi connectivity index (χ1) is 11.5. The van der Waals surface area contributed by atoms with E-state index >= 15 is 0 Å². The number of benzene rings is 2. The van der Waals surface area contributed by atoms with Gasteiger partial charge in [-0.15, -0.1) is 0 Å². The molecule has 2 aromatic carbocycles. The Kier molecular flexibility index (Phi) is 4.11. The van der Waals surface area contributed by atoms with Crippen LogP contribution in [0.2, 0.25) is 0 Å². The lowest BCUT2D eigenvalue weighted by Gasteiger charge is -2.22. The zero-order valence-corrected chi connectivity index (χ0v) is 13.7. The lowest BCUT2D eigenvalue weighted by Crippen LogP contribution is -2.41. The van der Waals surface area contributed by atoms with Gasteiger partial charge in [-0.2, -0.15) is 0 Å². The second-order valence-corrected chi connectivity index (χ2v) is 5.73. The van der Waals surface area contributed by atoms with Gasteiger partial charge in [0.15, 0.2) is 11.4 Å². The van der Waals surface area contributed by atoms with Gasteiger partial charge in [-0.1, -0.05) is 30.3 Å². The Hall–Kier alpha value is -2.66. The molecule has 1 aliphatic heterocycles. The number of ketones is 1. The van der Waals surface area contributed by atoms with Gasteiger partial charge >= 0.3 is 0 Å². The number of rotatable bonds is 5. The van der Waals surface area contributed by atoms with E-state index < -0.39 is 11.5 Å². The highest BCUT2D eigenvalue weighted by molar-refractivity contribution is 6.11. The number of carbonyl (C=O) groups excluding carboxylic acids is 2. The number of nitrogens with zero attached hydrogens (tertiary/aromatic N) is 1. The van der Waals surface area contributed by atoms with Crippen LogP contribution in [0.25, 0.3) is 0 Å². The molecule has 5 nitrogen and oxygen atoms in total. The number of ether oxygens (including phenoxy) is 1. The highest BCUT2D eigenvalue weighted by Crippen LogP contribution is 2.43. The molecule has 0 saturated carbocycles. The smallest absolute Gasteiger partial charge is 0.264 e. The maximum atomic E-state index is 12.7. The fourth-order valence-electron chi connectivity index (χ4n) is 3.19. The average molecular weight is 325 g/mol. The molecule has 5 heteroatoms. The SMILES string of the molecule is CCN1C(=O)[C@@](O)(CC(=O)c2ccccc2OC)c2ccccc21. The predicted molar refractivity (Wildman–Crippen MR) is 90.3 cm³/mol.